The highest BCUT2D eigenvalue weighted by Crippen LogP contribution is 2.29. The van der Waals surface area contributed by atoms with E-state index in [-0.39, 0.29) is 0 Å². The molecule has 0 radical (unpaired) electrons. The van der Waals surface area contributed by atoms with Gasteiger partial charge in [0.25, 0.3) is 0 Å². The van der Waals surface area contributed by atoms with Gasteiger partial charge >= 0.3 is 0 Å². The predicted octanol–water partition coefficient (Wildman–Crippen LogP) is 3.69. The molecule has 3 heterocycles. The van der Waals surface area contributed by atoms with Crippen LogP contribution in [0.15, 0.2) is 0 Å². The summed E-state index contributed by atoms with van der Waals surface area (Å²) < 4.78 is 0. The van der Waals surface area contributed by atoms with Gasteiger partial charge in [-0.15, -0.1) is 0 Å². The minimum Gasteiger partial charge on any atom is -0.301 e. The molecule has 0 aromatic rings. The average molecular weight is 336 g/mol. The Labute approximate surface area is 150 Å². The second-order valence-corrected chi connectivity index (χ2v) is 9.31. The smallest absolute Gasteiger partial charge is 0.00701 e. The summed E-state index contributed by atoms with van der Waals surface area (Å²) >= 11 is 0. The molecule has 3 heteroatoms. The second kappa shape index (κ2) is 8.51. The molecule has 3 saturated heterocycles. The van der Waals surface area contributed by atoms with Crippen LogP contribution in [0.25, 0.3) is 0 Å². The number of hydrogen-bond acceptors (Lipinski definition) is 3. The Hall–Kier alpha value is -0.120. The van der Waals surface area contributed by atoms with Crippen LogP contribution in [0.4, 0.5) is 0 Å². The van der Waals surface area contributed by atoms with E-state index >= 15 is 0 Å². The van der Waals surface area contributed by atoms with Crippen LogP contribution in [-0.4, -0.2) is 72.1 Å². The van der Waals surface area contributed by atoms with Gasteiger partial charge in [0.2, 0.25) is 0 Å². The molecule has 140 valence electrons. The molecule has 0 bridgehead atoms. The zero-order valence-corrected chi connectivity index (χ0v) is 16.7. The molecule has 0 aromatic carbocycles. The Morgan fingerprint density at radius 3 is 1.88 bits per heavy atom. The van der Waals surface area contributed by atoms with Crippen LogP contribution in [-0.2, 0) is 0 Å². The standard InChI is InChI=1S/C21H41N3/c1-17(2)23-9-5-7-20(15-23)14-19(4)24-12-8-21(16-24)13-18(3)22-10-6-11-22/h17-21H,5-16H2,1-4H3. The number of likely N-dealkylation sites (tertiary alicyclic amines) is 3. The van der Waals surface area contributed by atoms with Crippen LogP contribution in [0.2, 0.25) is 0 Å². The van der Waals surface area contributed by atoms with E-state index in [1.54, 1.807) is 0 Å². The minimum atomic E-state index is 0.724. The lowest BCUT2D eigenvalue weighted by Crippen LogP contribution is -2.44. The molecule has 3 aliphatic heterocycles. The van der Waals surface area contributed by atoms with E-state index in [4.69, 9.17) is 0 Å². The van der Waals surface area contributed by atoms with Gasteiger partial charge in [-0.25, -0.2) is 0 Å². The first-order valence-electron chi connectivity index (χ1n) is 10.7. The molecule has 0 aromatic heterocycles. The third-order valence-electron chi connectivity index (χ3n) is 7.08. The van der Waals surface area contributed by atoms with Crippen LogP contribution in [0.1, 0.15) is 66.2 Å². The third-order valence-corrected chi connectivity index (χ3v) is 7.08. The van der Waals surface area contributed by atoms with Crippen LogP contribution in [0, 0.1) is 11.8 Å². The molecule has 3 fully saturated rings. The van der Waals surface area contributed by atoms with Gasteiger partial charge in [-0.05, 0) is 104 Å². The SMILES string of the molecule is CC(C)N1CCCC(CC(C)N2CCC(CC(C)N3CCC3)C2)C1. The van der Waals surface area contributed by atoms with Gasteiger partial charge in [-0.2, -0.15) is 0 Å². The normalized spacial score (nSPS) is 32.9. The van der Waals surface area contributed by atoms with Crippen molar-refractivity contribution in [1.29, 1.82) is 0 Å². The van der Waals surface area contributed by atoms with Crippen LogP contribution in [0.3, 0.4) is 0 Å². The lowest BCUT2D eigenvalue weighted by molar-refractivity contribution is 0.104. The van der Waals surface area contributed by atoms with Crippen molar-refractivity contribution in [3.05, 3.63) is 0 Å². The van der Waals surface area contributed by atoms with E-state index in [2.05, 4.69) is 42.4 Å². The fraction of sp³-hybridized carbons (Fsp3) is 1.00. The van der Waals surface area contributed by atoms with Crippen molar-refractivity contribution in [3.63, 3.8) is 0 Å². The number of nitrogens with zero attached hydrogens (tertiary/aromatic N) is 3. The highest BCUT2D eigenvalue weighted by Gasteiger charge is 2.31. The van der Waals surface area contributed by atoms with Crippen molar-refractivity contribution in [2.75, 3.05) is 39.3 Å². The summed E-state index contributed by atoms with van der Waals surface area (Å²) in [5.41, 5.74) is 0. The van der Waals surface area contributed by atoms with Crippen LogP contribution in [0.5, 0.6) is 0 Å². The molecule has 4 atom stereocenters. The Balaban J connectivity index is 1.40. The second-order valence-electron chi connectivity index (χ2n) is 9.31. The number of piperidine rings is 1. The van der Waals surface area contributed by atoms with Crippen LogP contribution < -0.4 is 0 Å². The van der Waals surface area contributed by atoms with Gasteiger partial charge in [0.05, 0.1) is 0 Å². The lowest BCUT2D eigenvalue weighted by Gasteiger charge is -2.38. The van der Waals surface area contributed by atoms with Crippen molar-refractivity contribution in [2.24, 2.45) is 11.8 Å². The molecule has 0 amide bonds. The summed E-state index contributed by atoms with van der Waals surface area (Å²) in [6.45, 7) is 17.7. The highest BCUT2D eigenvalue weighted by atomic mass is 15.2. The van der Waals surface area contributed by atoms with Crippen molar-refractivity contribution < 1.29 is 0 Å². The summed E-state index contributed by atoms with van der Waals surface area (Å²) in [6, 6.07) is 2.32. The van der Waals surface area contributed by atoms with Gasteiger partial charge in [0, 0.05) is 31.2 Å². The van der Waals surface area contributed by atoms with E-state index in [1.165, 1.54) is 77.8 Å². The number of rotatable bonds is 7. The molecule has 0 spiro atoms. The van der Waals surface area contributed by atoms with Crippen LogP contribution >= 0.6 is 0 Å². The maximum Gasteiger partial charge on any atom is 0.00701 e. The Morgan fingerprint density at radius 1 is 0.667 bits per heavy atom. The first-order valence-corrected chi connectivity index (χ1v) is 10.7. The Morgan fingerprint density at radius 2 is 1.25 bits per heavy atom. The Kier molecular flexibility index (Phi) is 6.62. The van der Waals surface area contributed by atoms with Gasteiger partial charge in [0.1, 0.15) is 0 Å². The van der Waals surface area contributed by atoms with Crippen molar-refractivity contribution in [3.8, 4) is 0 Å². The third kappa shape index (κ3) is 4.74. The summed E-state index contributed by atoms with van der Waals surface area (Å²) in [7, 11) is 0. The monoisotopic (exact) mass is 335 g/mol. The molecule has 3 rings (SSSR count). The van der Waals surface area contributed by atoms with E-state index < -0.39 is 0 Å². The molecule has 0 aliphatic carbocycles. The minimum absolute atomic E-state index is 0.724. The first kappa shape index (κ1) is 18.7. The molecule has 0 saturated carbocycles. The first-order chi connectivity index (χ1) is 11.5. The fourth-order valence-corrected chi connectivity index (χ4v) is 5.26. The van der Waals surface area contributed by atoms with Gasteiger partial charge in [-0.1, -0.05) is 0 Å². The van der Waals surface area contributed by atoms with Crippen molar-refractivity contribution >= 4 is 0 Å². The van der Waals surface area contributed by atoms with Gasteiger partial charge in [0.15, 0.2) is 0 Å². The van der Waals surface area contributed by atoms with Gasteiger partial charge in [-0.3, -0.25) is 0 Å². The van der Waals surface area contributed by atoms with E-state index in [0.717, 1.165) is 30.0 Å². The molecular weight excluding hydrogens is 294 g/mol. The molecule has 0 N–H and O–H groups in total. The highest BCUT2D eigenvalue weighted by molar-refractivity contribution is 4.86. The number of hydrogen-bond donors (Lipinski definition) is 0. The molecule has 24 heavy (non-hydrogen) atoms. The summed E-state index contributed by atoms with van der Waals surface area (Å²) in [5.74, 6) is 1.87. The summed E-state index contributed by atoms with van der Waals surface area (Å²) in [6.07, 6.45) is 8.56. The van der Waals surface area contributed by atoms with Crippen molar-refractivity contribution in [1.82, 2.24) is 14.7 Å². The predicted molar refractivity (Wildman–Crippen MR) is 103 cm³/mol. The zero-order chi connectivity index (χ0) is 17.1. The molecule has 3 nitrogen and oxygen atoms in total. The average Bonchev–Trinajstić information content (AvgIpc) is 2.94. The largest absolute Gasteiger partial charge is 0.301 e. The summed E-state index contributed by atoms with van der Waals surface area (Å²) in [4.78, 5) is 8.18. The maximum atomic E-state index is 2.81. The van der Waals surface area contributed by atoms with E-state index in [0.29, 0.717) is 0 Å². The topological polar surface area (TPSA) is 9.72 Å². The lowest BCUT2D eigenvalue weighted by atomic mass is 9.90. The molecule has 3 aliphatic rings. The molecular formula is C21H41N3. The fourth-order valence-electron chi connectivity index (χ4n) is 5.26. The summed E-state index contributed by atoms with van der Waals surface area (Å²) in [5, 5.41) is 0. The van der Waals surface area contributed by atoms with E-state index in [9.17, 15) is 0 Å². The van der Waals surface area contributed by atoms with Gasteiger partial charge < -0.3 is 14.7 Å². The Bertz CT molecular complexity index is 379. The van der Waals surface area contributed by atoms with Crippen molar-refractivity contribution in [2.45, 2.75) is 84.3 Å². The quantitative estimate of drug-likeness (QED) is 0.702. The van der Waals surface area contributed by atoms with E-state index in [1.807, 2.05) is 0 Å². The molecule has 4 unspecified atom stereocenters. The zero-order valence-electron chi connectivity index (χ0n) is 16.7. The maximum absolute atomic E-state index is 2.81.